The van der Waals surface area contributed by atoms with E-state index in [0.717, 1.165) is 30.6 Å². The van der Waals surface area contributed by atoms with E-state index in [0.29, 0.717) is 6.54 Å². The van der Waals surface area contributed by atoms with E-state index in [1.54, 1.807) is 7.11 Å². The third-order valence-electron chi connectivity index (χ3n) is 3.87. The van der Waals surface area contributed by atoms with Crippen molar-refractivity contribution in [3.05, 3.63) is 29.3 Å². The first kappa shape index (κ1) is 12.9. The topological polar surface area (TPSA) is 72.5 Å². The number of benzene rings is 1. The van der Waals surface area contributed by atoms with Gasteiger partial charge in [-0.25, -0.2) is 0 Å². The number of carbonyl (C=O) groups is 1. The van der Waals surface area contributed by atoms with E-state index >= 15 is 0 Å². The van der Waals surface area contributed by atoms with Crippen LogP contribution in [0.15, 0.2) is 18.2 Å². The Morgan fingerprint density at radius 1 is 1.56 bits per heavy atom. The van der Waals surface area contributed by atoms with Crippen LogP contribution < -0.4 is 10.5 Å². The summed E-state index contributed by atoms with van der Waals surface area (Å²) in [7, 11) is 1.64. The van der Waals surface area contributed by atoms with Crippen molar-refractivity contribution in [2.45, 2.75) is 31.1 Å². The van der Waals surface area contributed by atoms with Crippen molar-refractivity contribution in [1.29, 1.82) is 0 Å². The predicted octanol–water partition coefficient (Wildman–Crippen LogP) is 1.70. The lowest BCUT2D eigenvalue weighted by Crippen LogP contribution is -2.40. The van der Waals surface area contributed by atoms with Gasteiger partial charge in [0.2, 0.25) is 0 Å². The Morgan fingerprint density at radius 3 is 2.94 bits per heavy atom. The molecule has 4 heteroatoms. The number of carboxylic acid groups (broad SMARTS) is 1. The molecule has 0 radical (unpaired) electrons. The number of carboxylic acids is 1. The summed E-state index contributed by atoms with van der Waals surface area (Å²) in [6.07, 6.45) is 2.89. The highest BCUT2D eigenvalue weighted by Gasteiger charge is 2.37. The molecule has 0 fully saturated rings. The molecule has 0 saturated heterocycles. The molecule has 18 heavy (non-hydrogen) atoms. The summed E-state index contributed by atoms with van der Waals surface area (Å²) >= 11 is 0. The van der Waals surface area contributed by atoms with Crippen molar-refractivity contribution >= 4 is 5.97 Å². The second kappa shape index (κ2) is 4.98. The van der Waals surface area contributed by atoms with Gasteiger partial charge in [-0.2, -0.15) is 0 Å². The zero-order valence-corrected chi connectivity index (χ0v) is 10.6. The summed E-state index contributed by atoms with van der Waals surface area (Å²) < 4.78 is 5.22. The van der Waals surface area contributed by atoms with E-state index in [4.69, 9.17) is 15.6 Å². The fraction of sp³-hybridized carbons (Fsp3) is 0.500. The zero-order valence-electron chi connectivity index (χ0n) is 10.6. The lowest BCUT2D eigenvalue weighted by Gasteiger charge is -2.37. The number of aliphatic carboxylic acids is 1. The van der Waals surface area contributed by atoms with Gasteiger partial charge in [-0.05, 0) is 42.5 Å². The van der Waals surface area contributed by atoms with Crippen molar-refractivity contribution in [2.75, 3.05) is 13.7 Å². The number of fused-ring (bicyclic) bond motifs is 1. The third kappa shape index (κ3) is 2.20. The summed E-state index contributed by atoms with van der Waals surface area (Å²) in [4.78, 5) is 11.1. The first-order chi connectivity index (χ1) is 8.61. The first-order valence-electron chi connectivity index (χ1n) is 6.20. The van der Waals surface area contributed by atoms with E-state index in [-0.39, 0.29) is 6.42 Å². The molecule has 1 unspecified atom stereocenters. The lowest BCUT2D eigenvalue weighted by molar-refractivity contribution is -0.138. The summed E-state index contributed by atoms with van der Waals surface area (Å²) in [6, 6.07) is 5.86. The van der Waals surface area contributed by atoms with Crippen LogP contribution in [0.1, 0.15) is 30.4 Å². The first-order valence-corrected chi connectivity index (χ1v) is 6.20. The number of nitrogens with two attached hydrogens (primary N) is 1. The number of hydrogen-bond acceptors (Lipinski definition) is 3. The van der Waals surface area contributed by atoms with Gasteiger partial charge in [0.05, 0.1) is 13.5 Å². The number of rotatable bonds is 4. The Bertz CT molecular complexity index is 458. The summed E-state index contributed by atoms with van der Waals surface area (Å²) in [5.41, 5.74) is 7.72. The van der Waals surface area contributed by atoms with E-state index in [2.05, 4.69) is 0 Å². The van der Waals surface area contributed by atoms with Gasteiger partial charge in [0.25, 0.3) is 0 Å². The molecule has 0 bridgehead atoms. The van der Waals surface area contributed by atoms with Gasteiger partial charge in [0.1, 0.15) is 5.75 Å². The van der Waals surface area contributed by atoms with Gasteiger partial charge in [-0.3, -0.25) is 4.79 Å². The quantitative estimate of drug-likeness (QED) is 0.852. The molecule has 0 heterocycles. The summed E-state index contributed by atoms with van der Waals surface area (Å²) in [5.74, 6) is 0.0287. The number of methoxy groups -OCH3 is 1. The Kier molecular flexibility index (Phi) is 3.57. The van der Waals surface area contributed by atoms with Crippen LogP contribution in [0, 0.1) is 0 Å². The van der Waals surface area contributed by atoms with Gasteiger partial charge in [-0.1, -0.05) is 6.07 Å². The van der Waals surface area contributed by atoms with Crippen LogP contribution in [0.25, 0.3) is 0 Å². The minimum absolute atomic E-state index is 0.100. The monoisotopic (exact) mass is 249 g/mol. The molecular formula is C14H19NO3. The molecule has 0 aromatic heterocycles. The Labute approximate surface area is 107 Å². The molecular weight excluding hydrogens is 230 g/mol. The molecule has 1 aromatic rings. The molecule has 3 N–H and O–H groups in total. The van der Waals surface area contributed by atoms with Gasteiger partial charge >= 0.3 is 5.97 Å². The number of ether oxygens (including phenoxy) is 1. The third-order valence-corrected chi connectivity index (χ3v) is 3.87. The maximum atomic E-state index is 11.1. The molecule has 0 saturated carbocycles. The average Bonchev–Trinajstić information content (AvgIpc) is 2.37. The Morgan fingerprint density at radius 2 is 2.33 bits per heavy atom. The molecule has 1 aliphatic rings. The molecule has 2 rings (SSSR count). The molecule has 0 aliphatic heterocycles. The predicted molar refractivity (Wildman–Crippen MR) is 68.9 cm³/mol. The largest absolute Gasteiger partial charge is 0.497 e. The van der Waals surface area contributed by atoms with Crippen molar-refractivity contribution in [3.8, 4) is 5.75 Å². The second-order valence-electron chi connectivity index (χ2n) is 4.93. The normalized spacial score (nSPS) is 22.3. The van der Waals surface area contributed by atoms with Crippen LogP contribution >= 0.6 is 0 Å². The molecule has 0 amide bonds. The lowest BCUT2D eigenvalue weighted by atomic mass is 9.68. The highest BCUT2D eigenvalue weighted by Crippen LogP contribution is 2.40. The Balaban J connectivity index is 2.45. The summed E-state index contributed by atoms with van der Waals surface area (Å²) in [5, 5.41) is 9.11. The van der Waals surface area contributed by atoms with Gasteiger partial charge in [0, 0.05) is 12.0 Å². The van der Waals surface area contributed by atoms with Crippen LogP contribution in [0.5, 0.6) is 5.75 Å². The van der Waals surface area contributed by atoms with Crippen LogP contribution in [-0.2, 0) is 16.6 Å². The average molecular weight is 249 g/mol. The van der Waals surface area contributed by atoms with Gasteiger partial charge in [-0.15, -0.1) is 0 Å². The van der Waals surface area contributed by atoms with E-state index in [9.17, 15) is 4.79 Å². The molecule has 98 valence electrons. The standard InChI is InChI=1S/C14H19NO3/c1-18-11-4-5-12-10(7-11)3-2-6-14(12,9-15)8-13(16)17/h4-5,7H,2-3,6,8-9,15H2,1H3,(H,16,17). The van der Waals surface area contributed by atoms with E-state index < -0.39 is 11.4 Å². The van der Waals surface area contributed by atoms with Gasteiger partial charge in [0.15, 0.2) is 0 Å². The molecule has 1 aromatic carbocycles. The molecule has 4 nitrogen and oxygen atoms in total. The van der Waals surface area contributed by atoms with Crippen LogP contribution in [0.3, 0.4) is 0 Å². The minimum Gasteiger partial charge on any atom is -0.497 e. The van der Waals surface area contributed by atoms with Crippen LogP contribution in [0.2, 0.25) is 0 Å². The second-order valence-corrected chi connectivity index (χ2v) is 4.93. The molecule has 1 aliphatic carbocycles. The zero-order chi connectivity index (χ0) is 13.2. The van der Waals surface area contributed by atoms with Crippen molar-refractivity contribution in [3.63, 3.8) is 0 Å². The highest BCUT2D eigenvalue weighted by molar-refractivity contribution is 5.69. The van der Waals surface area contributed by atoms with E-state index in [1.807, 2.05) is 18.2 Å². The fourth-order valence-corrected chi connectivity index (χ4v) is 2.93. The van der Waals surface area contributed by atoms with Crippen LogP contribution in [0.4, 0.5) is 0 Å². The fourth-order valence-electron chi connectivity index (χ4n) is 2.93. The van der Waals surface area contributed by atoms with E-state index in [1.165, 1.54) is 5.56 Å². The SMILES string of the molecule is COc1ccc2c(c1)CCCC2(CN)CC(=O)O. The molecule has 0 spiro atoms. The van der Waals surface area contributed by atoms with Gasteiger partial charge < -0.3 is 15.6 Å². The van der Waals surface area contributed by atoms with Crippen molar-refractivity contribution in [2.24, 2.45) is 5.73 Å². The van der Waals surface area contributed by atoms with Crippen LogP contribution in [-0.4, -0.2) is 24.7 Å². The number of aryl methyl sites for hydroxylation is 1. The van der Waals surface area contributed by atoms with Crippen molar-refractivity contribution < 1.29 is 14.6 Å². The maximum absolute atomic E-state index is 11.1. The highest BCUT2D eigenvalue weighted by atomic mass is 16.5. The summed E-state index contributed by atoms with van der Waals surface area (Å²) in [6.45, 7) is 0.374. The smallest absolute Gasteiger partial charge is 0.304 e. The number of hydrogen-bond donors (Lipinski definition) is 2. The minimum atomic E-state index is -0.788. The van der Waals surface area contributed by atoms with Crippen molar-refractivity contribution in [1.82, 2.24) is 0 Å². The maximum Gasteiger partial charge on any atom is 0.304 e. The molecule has 1 atom stereocenters. The Hall–Kier alpha value is -1.55.